The molecule has 0 bridgehead atoms. The smallest absolute Gasteiger partial charge is 0.268 e. The Bertz CT molecular complexity index is 618. The highest BCUT2D eigenvalue weighted by atomic mass is 16.3. The fourth-order valence-corrected chi connectivity index (χ4v) is 3.07. The Kier molecular flexibility index (Phi) is 4.53. The van der Waals surface area contributed by atoms with Gasteiger partial charge in [0.25, 0.3) is 5.91 Å². The summed E-state index contributed by atoms with van der Waals surface area (Å²) in [4.78, 5) is 16.3. The number of aliphatic hydroxyl groups excluding tert-OH is 1. The standard InChI is InChI=1S/C17H21N3O2/c21-16(13-7-9-18-10-8-13)12-19-17(22)15-6-3-11-20(15)14-4-1-2-5-14/h3,6-11,14,16,21H,1-2,4-5,12H2,(H,19,22). The lowest BCUT2D eigenvalue weighted by Gasteiger charge is -2.17. The van der Waals surface area contributed by atoms with E-state index in [1.54, 1.807) is 24.5 Å². The molecule has 2 heterocycles. The van der Waals surface area contributed by atoms with Crippen LogP contribution in [0.4, 0.5) is 0 Å². The number of rotatable bonds is 5. The number of nitrogens with zero attached hydrogens (tertiary/aromatic N) is 2. The Morgan fingerprint density at radius 1 is 1.32 bits per heavy atom. The molecule has 22 heavy (non-hydrogen) atoms. The van der Waals surface area contributed by atoms with Crippen LogP contribution in [0.1, 0.15) is 53.9 Å². The first-order chi connectivity index (χ1) is 10.8. The molecule has 1 fully saturated rings. The van der Waals surface area contributed by atoms with Crippen molar-refractivity contribution >= 4 is 5.91 Å². The Morgan fingerprint density at radius 3 is 2.77 bits per heavy atom. The number of aromatic nitrogens is 2. The minimum Gasteiger partial charge on any atom is -0.387 e. The highest BCUT2D eigenvalue weighted by Crippen LogP contribution is 2.30. The van der Waals surface area contributed by atoms with Crippen LogP contribution in [0.5, 0.6) is 0 Å². The minimum absolute atomic E-state index is 0.134. The van der Waals surface area contributed by atoms with Gasteiger partial charge >= 0.3 is 0 Å². The number of carbonyl (C=O) groups is 1. The molecule has 0 aliphatic heterocycles. The van der Waals surface area contributed by atoms with Crippen LogP contribution in [-0.2, 0) is 0 Å². The van der Waals surface area contributed by atoms with E-state index < -0.39 is 6.10 Å². The van der Waals surface area contributed by atoms with E-state index in [9.17, 15) is 9.90 Å². The molecular weight excluding hydrogens is 278 g/mol. The molecule has 2 N–H and O–H groups in total. The molecule has 1 amide bonds. The number of carbonyl (C=O) groups excluding carboxylic acids is 1. The van der Waals surface area contributed by atoms with Crippen molar-refractivity contribution in [1.29, 1.82) is 0 Å². The highest BCUT2D eigenvalue weighted by molar-refractivity contribution is 5.92. The van der Waals surface area contributed by atoms with E-state index in [0.717, 1.165) is 18.4 Å². The van der Waals surface area contributed by atoms with Crippen molar-refractivity contribution in [2.24, 2.45) is 0 Å². The molecule has 116 valence electrons. The third-order valence-corrected chi connectivity index (χ3v) is 4.28. The van der Waals surface area contributed by atoms with E-state index in [2.05, 4.69) is 14.9 Å². The Hall–Kier alpha value is -2.14. The molecule has 2 aromatic heterocycles. The normalized spacial score (nSPS) is 16.6. The summed E-state index contributed by atoms with van der Waals surface area (Å²) in [6.45, 7) is 0.193. The third kappa shape index (κ3) is 3.20. The molecule has 1 aliphatic carbocycles. The van der Waals surface area contributed by atoms with Crippen LogP contribution in [-0.4, -0.2) is 27.1 Å². The van der Waals surface area contributed by atoms with E-state index in [0.29, 0.717) is 11.7 Å². The summed E-state index contributed by atoms with van der Waals surface area (Å²) in [6.07, 6.45) is 9.24. The molecule has 5 nitrogen and oxygen atoms in total. The molecule has 0 saturated heterocycles. The first-order valence-electron chi connectivity index (χ1n) is 7.79. The van der Waals surface area contributed by atoms with Gasteiger partial charge in [0.1, 0.15) is 5.69 Å². The second-order valence-corrected chi connectivity index (χ2v) is 5.75. The van der Waals surface area contributed by atoms with Gasteiger partial charge in [-0.05, 0) is 42.7 Å². The maximum atomic E-state index is 12.4. The zero-order chi connectivity index (χ0) is 15.4. The largest absolute Gasteiger partial charge is 0.387 e. The van der Waals surface area contributed by atoms with Gasteiger partial charge in [-0.15, -0.1) is 0 Å². The quantitative estimate of drug-likeness (QED) is 0.891. The molecule has 1 saturated carbocycles. The SMILES string of the molecule is O=C(NCC(O)c1ccncc1)c1cccn1C1CCCC1. The second-order valence-electron chi connectivity index (χ2n) is 5.75. The van der Waals surface area contributed by atoms with E-state index >= 15 is 0 Å². The zero-order valence-electron chi connectivity index (χ0n) is 12.5. The molecule has 3 rings (SSSR count). The van der Waals surface area contributed by atoms with Crippen molar-refractivity contribution in [1.82, 2.24) is 14.9 Å². The molecule has 0 radical (unpaired) electrons. The lowest BCUT2D eigenvalue weighted by molar-refractivity contribution is 0.0905. The number of hydrogen-bond donors (Lipinski definition) is 2. The van der Waals surface area contributed by atoms with Gasteiger partial charge in [-0.3, -0.25) is 9.78 Å². The van der Waals surface area contributed by atoms with Crippen LogP contribution in [0.2, 0.25) is 0 Å². The van der Waals surface area contributed by atoms with Crippen molar-refractivity contribution in [2.45, 2.75) is 37.8 Å². The Labute approximate surface area is 130 Å². The van der Waals surface area contributed by atoms with Crippen LogP contribution in [0.15, 0.2) is 42.9 Å². The van der Waals surface area contributed by atoms with Crippen LogP contribution < -0.4 is 5.32 Å². The van der Waals surface area contributed by atoms with Crippen molar-refractivity contribution in [2.75, 3.05) is 6.54 Å². The van der Waals surface area contributed by atoms with E-state index in [1.165, 1.54) is 12.8 Å². The van der Waals surface area contributed by atoms with Crippen LogP contribution in [0.3, 0.4) is 0 Å². The third-order valence-electron chi connectivity index (χ3n) is 4.28. The summed E-state index contributed by atoms with van der Waals surface area (Å²) < 4.78 is 2.07. The van der Waals surface area contributed by atoms with Gasteiger partial charge in [0.05, 0.1) is 6.10 Å². The molecule has 0 spiro atoms. The zero-order valence-corrected chi connectivity index (χ0v) is 12.5. The lowest BCUT2D eigenvalue weighted by Crippen LogP contribution is -2.30. The van der Waals surface area contributed by atoms with Gasteiger partial charge < -0.3 is 15.0 Å². The number of amides is 1. The monoisotopic (exact) mass is 299 g/mol. The fourth-order valence-electron chi connectivity index (χ4n) is 3.07. The van der Waals surface area contributed by atoms with Gasteiger partial charge in [0, 0.05) is 31.2 Å². The van der Waals surface area contributed by atoms with Gasteiger partial charge in [-0.25, -0.2) is 0 Å². The predicted octanol–water partition coefficient (Wildman–Crippen LogP) is 2.46. The highest BCUT2D eigenvalue weighted by Gasteiger charge is 2.21. The fraction of sp³-hybridized carbons (Fsp3) is 0.412. The summed E-state index contributed by atoms with van der Waals surface area (Å²) in [5, 5.41) is 12.9. The molecule has 0 aromatic carbocycles. The van der Waals surface area contributed by atoms with Crippen molar-refractivity contribution in [3.63, 3.8) is 0 Å². The van der Waals surface area contributed by atoms with Crippen molar-refractivity contribution in [3.05, 3.63) is 54.1 Å². The molecule has 2 aromatic rings. The molecule has 5 heteroatoms. The molecule has 1 unspecified atom stereocenters. The summed E-state index contributed by atoms with van der Waals surface area (Å²) in [7, 11) is 0. The van der Waals surface area contributed by atoms with Crippen LogP contribution in [0.25, 0.3) is 0 Å². The maximum Gasteiger partial charge on any atom is 0.268 e. The van der Waals surface area contributed by atoms with E-state index in [-0.39, 0.29) is 12.5 Å². The van der Waals surface area contributed by atoms with Crippen molar-refractivity contribution in [3.8, 4) is 0 Å². The van der Waals surface area contributed by atoms with Crippen molar-refractivity contribution < 1.29 is 9.90 Å². The number of pyridine rings is 1. The number of aliphatic hydroxyl groups is 1. The van der Waals surface area contributed by atoms with Crippen LogP contribution >= 0.6 is 0 Å². The van der Waals surface area contributed by atoms with E-state index in [4.69, 9.17) is 0 Å². The summed E-state index contributed by atoms with van der Waals surface area (Å²) >= 11 is 0. The van der Waals surface area contributed by atoms with Gasteiger partial charge in [-0.2, -0.15) is 0 Å². The minimum atomic E-state index is -0.721. The summed E-state index contributed by atoms with van der Waals surface area (Å²) in [5.74, 6) is -0.134. The first-order valence-corrected chi connectivity index (χ1v) is 7.79. The van der Waals surface area contributed by atoms with E-state index in [1.807, 2.05) is 18.3 Å². The average Bonchev–Trinajstić information content (AvgIpc) is 3.23. The predicted molar refractivity (Wildman–Crippen MR) is 83.5 cm³/mol. The molecular formula is C17H21N3O2. The lowest BCUT2D eigenvalue weighted by atomic mass is 10.1. The topological polar surface area (TPSA) is 67.2 Å². The maximum absolute atomic E-state index is 12.4. The number of hydrogen-bond acceptors (Lipinski definition) is 3. The summed E-state index contributed by atoms with van der Waals surface area (Å²) in [6, 6.07) is 7.68. The van der Waals surface area contributed by atoms with Gasteiger partial charge in [0.2, 0.25) is 0 Å². The van der Waals surface area contributed by atoms with Gasteiger partial charge in [-0.1, -0.05) is 12.8 Å². The number of nitrogens with one attached hydrogen (secondary N) is 1. The Balaban J connectivity index is 1.62. The molecule has 1 atom stereocenters. The first kappa shape index (κ1) is 14.8. The average molecular weight is 299 g/mol. The van der Waals surface area contributed by atoms with Gasteiger partial charge in [0.15, 0.2) is 0 Å². The Morgan fingerprint density at radius 2 is 2.05 bits per heavy atom. The van der Waals surface area contributed by atoms with Crippen LogP contribution in [0, 0.1) is 0 Å². The molecule has 1 aliphatic rings. The summed E-state index contributed by atoms with van der Waals surface area (Å²) in [5.41, 5.74) is 1.43. The second kappa shape index (κ2) is 6.75.